The van der Waals surface area contributed by atoms with Crippen LogP contribution in [0.5, 0.6) is 0 Å². The van der Waals surface area contributed by atoms with Crippen molar-refractivity contribution >= 4 is 11.9 Å². The Morgan fingerprint density at radius 3 is 2.95 bits per heavy atom. The van der Waals surface area contributed by atoms with Crippen LogP contribution < -0.4 is 5.32 Å². The molecule has 96 valence electrons. The van der Waals surface area contributed by atoms with Gasteiger partial charge in [-0.3, -0.25) is 10.1 Å². The molecule has 2 N–H and O–H groups in total. The average molecular weight is 257 g/mol. The highest BCUT2D eigenvalue weighted by Gasteiger charge is 2.12. The summed E-state index contributed by atoms with van der Waals surface area (Å²) in [4.78, 5) is 15.9. The number of hydrogen-bond acceptors (Lipinski definition) is 5. The fourth-order valence-electron chi connectivity index (χ4n) is 1.44. The minimum absolute atomic E-state index is 0.0346. The molecule has 1 aromatic carbocycles. The average Bonchev–Trinajstić information content (AvgIpc) is 2.82. The Hall–Kier alpha value is -2.65. The highest BCUT2D eigenvalue weighted by Crippen LogP contribution is 2.10. The first-order chi connectivity index (χ1) is 9.20. The molecule has 6 nitrogen and oxygen atoms in total. The molecule has 2 rings (SSSR count). The lowest BCUT2D eigenvalue weighted by Gasteiger charge is -2.02. The van der Waals surface area contributed by atoms with Gasteiger partial charge < -0.3 is 9.63 Å². The minimum Gasteiger partial charge on any atom is -0.384 e. The number of benzene rings is 1. The molecule has 1 heterocycles. The van der Waals surface area contributed by atoms with E-state index in [-0.39, 0.29) is 12.6 Å². The van der Waals surface area contributed by atoms with Crippen LogP contribution in [0, 0.1) is 18.8 Å². The molecule has 0 aliphatic carbocycles. The molecule has 0 spiro atoms. The second kappa shape index (κ2) is 5.80. The molecule has 0 radical (unpaired) electrons. The fraction of sp³-hybridized carbons (Fsp3) is 0.154. The second-order valence-electron chi connectivity index (χ2n) is 3.61. The molecule has 2 aromatic rings. The molecule has 19 heavy (non-hydrogen) atoms. The normalized spacial score (nSPS) is 9.58. The monoisotopic (exact) mass is 257 g/mol. The van der Waals surface area contributed by atoms with Crippen molar-refractivity contribution in [2.24, 2.45) is 0 Å². The Morgan fingerprint density at radius 2 is 2.26 bits per heavy atom. The molecule has 0 bridgehead atoms. The number of carbonyl (C=O) groups is 1. The number of carbonyl (C=O) groups excluding carboxylic acids is 1. The molecule has 0 aliphatic heterocycles. The Kier molecular flexibility index (Phi) is 3.90. The van der Waals surface area contributed by atoms with E-state index in [0.717, 1.165) is 0 Å². The van der Waals surface area contributed by atoms with Crippen molar-refractivity contribution in [2.45, 2.75) is 6.92 Å². The van der Waals surface area contributed by atoms with Gasteiger partial charge in [-0.25, -0.2) is 0 Å². The standard InChI is InChI=1S/C13H11N3O3/c1-9-14-13(19-16-9)15-12(18)11-7-3-2-5-10(11)6-4-8-17/h2-3,5,7,17H,8H2,1H3,(H,14,15,16,18). The van der Waals surface area contributed by atoms with Crippen molar-refractivity contribution in [3.8, 4) is 11.8 Å². The summed E-state index contributed by atoms with van der Waals surface area (Å²) in [5.74, 6) is 5.25. The van der Waals surface area contributed by atoms with Gasteiger partial charge in [0.05, 0.1) is 5.56 Å². The molecule has 6 heteroatoms. The third kappa shape index (κ3) is 3.18. The molecule has 1 amide bonds. The van der Waals surface area contributed by atoms with Gasteiger partial charge in [0.15, 0.2) is 5.82 Å². The van der Waals surface area contributed by atoms with E-state index in [1.165, 1.54) is 0 Å². The lowest BCUT2D eigenvalue weighted by Crippen LogP contribution is -2.13. The van der Waals surface area contributed by atoms with E-state index < -0.39 is 5.91 Å². The fourth-order valence-corrected chi connectivity index (χ4v) is 1.44. The van der Waals surface area contributed by atoms with Crippen LogP contribution in [0.3, 0.4) is 0 Å². The third-order valence-corrected chi connectivity index (χ3v) is 2.22. The summed E-state index contributed by atoms with van der Waals surface area (Å²) in [5.41, 5.74) is 0.893. The summed E-state index contributed by atoms with van der Waals surface area (Å²) in [5, 5.41) is 14.7. The van der Waals surface area contributed by atoms with E-state index in [0.29, 0.717) is 17.0 Å². The summed E-state index contributed by atoms with van der Waals surface area (Å²) in [6.07, 6.45) is 0. The number of anilines is 1. The molecular formula is C13H11N3O3. The number of rotatable bonds is 2. The zero-order valence-corrected chi connectivity index (χ0v) is 10.2. The number of hydrogen-bond donors (Lipinski definition) is 2. The predicted molar refractivity (Wildman–Crippen MR) is 67.4 cm³/mol. The van der Waals surface area contributed by atoms with E-state index >= 15 is 0 Å². The Morgan fingerprint density at radius 1 is 1.47 bits per heavy atom. The molecular weight excluding hydrogens is 246 g/mol. The summed E-state index contributed by atoms with van der Waals surface area (Å²) < 4.78 is 4.81. The van der Waals surface area contributed by atoms with E-state index in [2.05, 4.69) is 27.3 Å². The van der Waals surface area contributed by atoms with Gasteiger partial charge in [-0.2, -0.15) is 4.98 Å². The topological polar surface area (TPSA) is 88.2 Å². The van der Waals surface area contributed by atoms with Crippen LogP contribution in [0.15, 0.2) is 28.8 Å². The zero-order chi connectivity index (χ0) is 13.7. The van der Waals surface area contributed by atoms with Gasteiger partial charge >= 0.3 is 6.01 Å². The summed E-state index contributed by atoms with van der Waals surface area (Å²) >= 11 is 0. The first-order valence-corrected chi connectivity index (χ1v) is 5.51. The number of nitrogens with one attached hydrogen (secondary N) is 1. The quantitative estimate of drug-likeness (QED) is 0.783. The van der Waals surface area contributed by atoms with E-state index in [1.807, 2.05) is 0 Å². The highest BCUT2D eigenvalue weighted by atomic mass is 16.5. The van der Waals surface area contributed by atoms with Crippen LogP contribution in [0.25, 0.3) is 0 Å². The molecule has 0 atom stereocenters. The van der Waals surface area contributed by atoms with Crippen molar-refractivity contribution in [3.63, 3.8) is 0 Å². The lowest BCUT2D eigenvalue weighted by molar-refractivity contribution is 0.102. The summed E-state index contributed by atoms with van der Waals surface area (Å²) in [6.45, 7) is 1.39. The minimum atomic E-state index is -0.397. The number of aryl methyl sites for hydroxylation is 1. The number of aliphatic hydroxyl groups is 1. The van der Waals surface area contributed by atoms with Crippen molar-refractivity contribution in [1.29, 1.82) is 0 Å². The highest BCUT2D eigenvalue weighted by molar-refractivity contribution is 6.04. The van der Waals surface area contributed by atoms with E-state index in [4.69, 9.17) is 9.63 Å². The maximum atomic E-state index is 12.0. The van der Waals surface area contributed by atoms with Gasteiger partial charge in [0.2, 0.25) is 0 Å². The molecule has 0 saturated carbocycles. The second-order valence-corrected chi connectivity index (χ2v) is 3.61. The smallest absolute Gasteiger partial charge is 0.328 e. The predicted octanol–water partition coefficient (Wildman–Crippen LogP) is 0.974. The van der Waals surface area contributed by atoms with Gasteiger partial charge in [-0.1, -0.05) is 29.1 Å². The van der Waals surface area contributed by atoms with Crippen LogP contribution in [-0.2, 0) is 0 Å². The van der Waals surface area contributed by atoms with E-state index in [9.17, 15) is 4.79 Å². The maximum absolute atomic E-state index is 12.0. The van der Waals surface area contributed by atoms with Crippen LogP contribution >= 0.6 is 0 Å². The lowest BCUT2D eigenvalue weighted by atomic mass is 10.1. The number of amides is 1. The van der Waals surface area contributed by atoms with Crippen LogP contribution in [0.2, 0.25) is 0 Å². The van der Waals surface area contributed by atoms with Gasteiger partial charge in [0.25, 0.3) is 5.91 Å². The van der Waals surface area contributed by atoms with Crippen LogP contribution in [0.1, 0.15) is 21.7 Å². The largest absolute Gasteiger partial charge is 0.384 e. The molecule has 0 unspecified atom stereocenters. The van der Waals surface area contributed by atoms with Crippen LogP contribution in [-0.4, -0.2) is 27.8 Å². The Bertz CT molecular complexity index is 652. The number of aromatic nitrogens is 2. The maximum Gasteiger partial charge on any atom is 0.328 e. The molecule has 0 fully saturated rings. The van der Waals surface area contributed by atoms with Crippen molar-refractivity contribution < 1.29 is 14.4 Å². The summed E-state index contributed by atoms with van der Waals surface area (Å²) in [7, 11) is 0. The number of aliphatic hydroxyl groups excluding tert-OH is 1. The van der Waals surface area contributed by atoms with Crippen LogP contribution in [0.4, 0.5) is 6.01 Å². The third-order valence-electron chi connectivity index (χ3n) is 2.22. The van der Waals surface area contributed by atoms with Gasteiger partial charge in [0.1, 0.15) is 6.61 Å². The molecule has 0 aliphatic rings. The molecule has 0 saturated heterocycles. The van der Waals surface area contributed by atoms with Gasteiger partial charge in [-0.15, -0.1) is 0 Å². The van der Waals surface area contributed by atoms with Gasteiger partial charge in [-0.05, 0) is 19.1 Å². The molecule has 1 aromatic heterocycles. The Labute approximate surface area is 109 Å². The van der Waals surface area contributed by atoms with Crippen molar-refractivity contribution in [3.05, 3.63) is 41.2 Å². The summed E-state index contributed by atoms with van der Waals surface area (Å²) in [6, 6.07) is 6.83. The zero-order valence-electron chi connectivity index (χ0n) is 10.2. The van der Waals surface area contributed by atoms with Crippen molar-refractivity contribution in [2.75, 3.05) is 11.9 Å². The van der Waals surface area contributed by atoms with Crippen molar-refractivity contribution in [1.82, 2.24) is 10.1 Å². The first-order valence-electron chi connectivity index (χ1n) is 5.51. The number of nitrogens with zero attached hydrogens (tertiary/aromatic N) is 2. The van der Waals surface area contributed by atoms with E-state index in [1.54, 1.807) is 31.2 Å². The van der Waals surface area contributed by atoms with Gasteiger partial charge in [0, 0.05) is 5.56 Å². The SMILES string of the molecule is Cc1noc(NC(=O)c2ccccc2C#CCO)n1. The Balaban J connectivity index is 2.23. The first kappa shape index (κ1) is 12.8.